The molecule has 1 atom stereocenters. The van der Waals surface area contributed by atoms with Gasteiger partial charge in [0.15, 0.2) is 0 Å². The molecule has 0 unspecified atom stereocenters. The van der Waals surface area contributed by atoms with Gasteiger partial charge in [-0.25, -0.2) is 4.79 Å². The first-order chi connectivity index (χ1) is 10.6. The van der Waals surface area contributed by atoms with E-state index in [1.807, 2.05) is 24.4 Å². The largest absolute Gasteiger partial charge is 0.464 e. The van der Waals surface area contributed by atoms with Crippen LogP contribution in [0.1, 0.15) is 28.1 Å². The number of nitrogens with zero attached hydrogens (tertiary/aromatic N) is 1. The zero-order valence-corrected chi connectivity index (χ0v) is 13.6. The second kappa shape index (κ2) is 6.54. The first-order valence-electron chi connectivity index (χ1n) is 7.37. The SMILES string of the molecule is Cc1ccc([C@H]2CN(C(=O)NCc3sccc3C)CCO2)o1. The van der Waals surface area contributed by atoms with Gasteiger partial charge in [0, 0.05) is 11.4 Å². The smallest absolute Gasteiger partial charge is 0.317 e. The maximum atomic E-state index is 12.3. The van der Waals surface area contributed by atoms with Crippen molar-refractivity contribution in [2.24, 2.45) is 0 Å². The summed E-state index contributed by atoms with van der Waals surface area (Å²) < 4.78 is 11.3. The van der Waals surface area contributed by atoms with Crippen LogP contribution in [-0.4, -0.2) is 30.6 Å². The molecule has 0 spiro atoms. The Balaban J connectivity index is 1.57. The number of hydrogen-bond donors (Lipinski definition) is 1. The highest BCUT2D eigenvalue weighted by atomic mass is 32.1. The van der Waals surface area contributed by atoms with Gasteiger partial charge in [-0.3, -0.25) is 0 Å². The van der Waals surface area contributed by atoms with Crippen LogP contribution in [0.2, 0.25) is 0 Å². The van der Waals surface area contributed by atoms with E-state index in [-0.39, 0.29) is 12.1 Å². The molecular formula is C16H20N2O3S. The summed E-state index contributed by atoms with van der Waals surface area (Å²) in [6.07, 6.45) is -0.184. The number of morpholine rings is 1. The van der Waals surface area contributed by atoms with Crippen molar-refractivity contribution in [1.82, 2.24) is 10.2 Å². The highest BCUT2D eigenvalue weighted by Gasteiger charge is 2.27. The lowest BCUT2D eigenvalue weighted by Crippen LogP contribution is -2.46. The Hall–Kier alpha value is -1.79. The molecule has 22 heavy (non-hydrogen) atoms. The quantitative estimate of drug-likeness (QED) is 0.944. The Morgan fingerprint density at radius 1 is 1.41 bits per heavy atom. The molecule has 1 fully saturated rings. The normalized spacial score (nSPS) is 18.5. The summed E-state index contributed by atoms with van der Waals surface area (Å²) in [5.41, 5.74) is 1.22. The first-order valence-corrected chi connectivity index (χ1v) is 8.25. The third kappa shape index (κ3) is 3.34. The van der Waals surface area contributed by atoms with Crippen LogP contribution in [0, 0.1) is 13.8 Å². The van der Waals surface area contributed by atoms with E-state index in [0.717, 1.165) is 11.5 Å². The van der Waals surface area contributed by atoms with Crippen molar-refractivity contribution in [3.63, 3.8) is 0 Å². The molecule has 118 valence electrons. The number of furan rings is 1. The average molecular weight is 320 g/mol. The second-order valence-electron chi connectivity index (χ2n) is 5.44. The van der Waals surface area contributed by atoms with E-state index < -0.39 is 0 Å². The summed E-state index contributed by atoms with van der Waals surface area (Å²) in [7, 11) is 0. The molecule has 0 bridgehead atoms. The standard InChI is InChI=1S/C16H20N2O3S/c1-11-5-8-22-15(11)9-17-16(19)18-6-7-20-14(10-18)13-4-3-12(2)21-13/h3-5,8,14H,6-7,9-10H2,1-2H3,(H,17,19)/t14-/m1/s1. The lowest BCUT2D eigenvalue weighted by Gasteiger charge is -2.32. The van der Waals surface area contributed by atoms with E-state index in [1.54, 1.807) is 16.2 Å². The third-order valence-electron chi connectivity index (χ3n) is 3.80. The summed E-state index contributed by atoms with van der Waals surface area (Å²) >= 11 is 1.67. The zero-order chi connectivity index (χ0) is 15.5. The molecule has 5 nitrogen and oxygen atoms in total. The molecule has 1 aliphatic heterocycles. The van der Waals surface area contributed by atoms with Crippen molar-refractivity contribution in [2.45, 2.75) is 26.5 Å². The van der Waals surface area contributed by atoms with Gasteiger partial charge in [-0.2, -0.15) is 0 Å². The average Bonchev–Trinajstić information content (AvgIpc) is 3.13. The number of hydrogen-bond acceptors (Lipinski definition) is 4. The number of aryl methyl sites for hydroxylation is 2. The molecule has 2 amide bonds. The minimum atomic E-state index is -0.184. The lowest BCUT2D eigenvalue weighted by atomic mass is 10.2. The topological polar surface area (TPSA) is 54.7 Å². The van der Waals surface area contributed by atoms with Crippen LogP contribution < -0.4 is 5.32 Å². The summed E-state index contributed by atoms with van der Waals surface area (Å²) in [4.78, 5) is 15.3. The number of carbonyl (C=O) groups excluding carboxylic acids is 1. The van der Waals surface area contributed by atoms with Gasteiger partial charge in [0.2, 0.25) is 0 Å². The van der Waals surface area contributed by atoms with Gasteiger partial charge in [-0.1, -0.05) is 0 Å². The number of rotatable bonds is 3. The van der Waals surface area contributed by atoms with E-state index in [0.29, 0.717) is 26.2 Å². The van der Waals surface area contributed by atoms with Crippen LogP contribution in [0.4, 0.5) is 4.79 Å². The van der Waals surface area contributed by atoms with Gasteiger partial charge in [0.05, 0.1) is 19.7 Å². The predicted molar refractivity (Wildman–Crippen MR) is 85.0 cm³/mol. The monoisotopic (exact) mass is 320 g/mol. The molecule has 0 radical (unpaired) electrons. The molecular weight excluding hydrogens is 300 g/mol. The second-order valence-corrected chi connectivity index (χ2v) is 6.44. The molecule has 3 heterocycles. The number of carbonyl (C=O) groups is 1. The number of amides is 2. The van der Waals surface area contributed by atoms with Crippen LogP contribution in [0.5, 0.6) is 0 Å². The highest BCUT2D eigenvalue weighted by molar-refractivity contribution is 7.10. The van der Waals surface area contributed by atoms with Crippen LogP contribution in [-0.2, 0) is 11.3 Å². The fourth-order valence-corrected chi connectivity index (χ4v) is 3.33. The maximum Gasteiger partial charge on any atom is 0.317 e. The Kier molecular flexibility index (Phi) is 4.49. The summed E-state index contributed by atoms with van der Waals surface area (Å²) in [6, 6.07) is 5.84. The zero-order valence-electron chi connectivity index (χ0n) is 12.8. The highest BCUT2D eigenvalue weighted by Crippen LogP contribution is 2.24. The Labute approximate surface area is 133 Å². The van der Waals surface area contributed by atoms with Crippen molar-refractivity contribution in [2.75, 3.05) is 19.7 Å². The van der Waals surface area contributed by atoms with Crippen LogP contribution in [0.3, 0.4) is 0 Å². The Bertz CT molecular complexity index is 649. The molecule has 0 saturated carbocycles. The number of urea groups is 1. The van der Waals surface area contributed by atoms with E-state index in [1.165, 1.54) is 10.4 Å². The summed E-state index contributed by atoms with van der Waals surface area (Å²) in [5.74, 6) is 1.64. The van der Waals surface area contributed by atoms with Crippen LogP contribution in [0.15, 0.2) is 28.0 Å². The molecule has 1 aliphatic rings. The minimum Gasteiger partial charge on any atom is -0.464 e. The molecule has 2 aromatic heterocycles. The molecule has 1 N–H and O–H groups in total. The van der Waals surface area contributed by atoms with E-state index in [4.69, 9.17) is 9.15 Å². The Morgan fingerprint density at radius 2 is 2.27 bits per heavy atom. The van der Waals surface area contributed by atoms with Gasteiger partial charge >= 0.3 is 6.03 Å². The summed E-state index contributed by atoms with van der Waals surface area (Å²) in [5, 5.41) is 5.03. The van der Waals surface area contributed by atoms with E-state index >= 15 is 0 Å². The van der Waals surface area contributed by atoms with Crippen LogP contribution >= 0.6 is 11.3 Å². The fourth-order valence-electron chi connectivity index (χ4n) is 2.49. The molecule has 6 heteroatoms. The van der Waals surface area contributed by atoms with Crippen molar-refractivity contribution < 1.29 is 13.9 Å². The third-order valence-corrected chi connectivity index (χ3v) is 4.82. The first kappa shape index (κ1) is 15.1. The van der Waals surface area contributed by atoms with Crippen molar-refractivity contribution in [3.8, 4) is 0 Å². The Morgan fingerprint density at radius 3 is 2.95 bits per heavy atom. The molecule has 0 aromatic carbocycles. The van der Waals surface area contributed by atoms with Gasteiger partial charge < -0.3 is 19.4 Å². The molecule has 3 rings (SSSR count). The minimum absolute atomic E-state index is 0.0515. The van der Waals surface area contributed by atoms with Gasteiger partial charge in [0.1, 0.15) is 17.6 Å². The van der Waals surface area contributed by atoms with Crippen molar-refractivity contribution in [3.05, 3.63) is 45.5 Å². The number of ether oxygens (including phenoxy) is 1. The molecule has 1 saturated heterocycles. The number of nitrogens with one attached hydrogen (secondary N) is 1. The van der Waals surface area contributed by atoms with Gasteiger partial charge in [-0.15, -0.1) is 11.3 Å². The lowest BCUT2D eigenvalue weighted by molar-refractivity contribution is -0.0263. The van der Waals surface area contributed by atoms with Crippen molar-refractivity contribution in [1.29, 1.82) is 0 Å². The summed E-state index contributed by atoms with van der Waals surface area (Å²) in [6.45, 7) is 6.18. The number of thiophene rings is 1. The van der Waals surface area contributed by atoms with Crippen molar-refractivity contribution >= 4 is 17.4 Å². The molecule has 0 aliphatic carbocycles. The van der Waals surface area contributed by atoms with E-state index in [9.17, 15) is 4.79 Å². The predicted octanol–water partition coefficient (Wildman–Crippen LogP) is 3.24. The maximum absolute atomic E-state index is 12.3. The van der Waals surface area contributed by atoms with Crippen LogP contribution in [0.25, 0.3) is 0 Å². The van der Waals surface area contributed by atoms with Gasteiger partial charge in [-0.05, 0) is 43.0 Å². The van der Waals surface area contributed by atoms with Gasteiger partial charge in [0.25, 0.3) is 0 Å². The van der Waals surface area contributed by atoms with E-state index in [2.05, 4.69) is 18.3 Å². The molecule has 2 aromatic rings. The fraction of sp³-hybridized carbons (Fsp3) is 0.438.